The van der Waals surface area contributed by atoms with E-state index in [1.807, 2.05) is 27.7 Å². The first-order valence-corrected chi connectivity index (χ1v) is 9.98. The van der Waals surface area contributed by atoms with Gasteiger partial charge in [0.2, 0.25) is 17.7 Å². The minimum atomic E-state index is -1.53. The molecule has 0 radical (unpaired) electrons. The van der Waals surface area contributed by atoms with Crippen LogP contribution in [0.15, 0.2) is 0 Å². The molecule has 174 valence electrons. The Kier molecular flexibility index (Phi) is 12.2. The molecule has 0 aromatic carbocycles. The normalized spacial score (nSPS) is 16.3. The molecule has 0 aliphatic heterocycles. The standard InChI is InChI=1S/C19H36N4O7/c1-9(2)6-13(21-16(26)12(20)8-24)17(27)22-14(7-10(3)4)18(28)23-15(11(5)25)19(29)30/h9-15,24-25H,6-8,20H2,1-5H3,(H,21,26)(H,22,27)(H,23,28)(H,29,30). The largest absolute Gasteiger partial charge is 0.480 e. The molecule has 0 spiro atoms. The maximum Gasteiger partial charge on any atom is 0.328 e. The molecule has 0 fully saturated rings. The Morgan fingerprint density at radius 1 is 0.800 bits per heavy atom. The first kappa shape index (κ1) is 27.8. The molecule has 0 heterocycles. The van der Waals surface area contributed by atoms with Crippen LogP contribution >= 0.6 is 0 Å². The van der Waals surface area contributed by atoms with Crippen LogP contribution in [0.3, 0.4) is 0 Å². The molecule has 11 nitrogen and oxygen atoms in total. The fourth-order valence-corrected chi connectivity index (χ4v) is 2.68. The molecule has 30 heavy (non-hydrogen) atoms. The van der Waals surface area contributed by atoms with E-state index < -0.39 is 60.6 Å². The van der Waals surface area contributed by atoms with Crippen LogP contribution in [0.5, 0.6) is 0 Å². The number of amides is 3. The van der Waals surface area contributed by atoms with E-state index in [0.717, 1.165) is 0 Å². The number of aliphatic hydroxyl groups is 2. The number of carboxylic acids is 1. The zero-order valence-electron chi connectivity index (χ0n) is 18.2. The van der Waals surface area contributed by atoms with Crippen molar-refractivity contribution in [1.82, 2.24) is 16.0 Å². The molecule has 0 aliphatic carbocycles. The van der Waals surface area contributed by atoms with Gasteiger partial charge in [0.25, 0.3) is 0 Å². The Morgan fingerprint density at radius 2 is 1.20 bits per heavy atom. The van der Waals surface area contributed by atoms with Gasteiger partial charge in [-0.2, -0.15) is 0 Å². The lowest BCUT2D eigenvalue weighted by Gasteiger charge is -2.27. The van der Waals surface area contributed by atoms with Gasteiger partial charge in [-0.25, -0.2) is 4.79 Å². The molecular weight excluding hydrogens is 396 g/mol. The van der Waals surface area contributed by atoms with E-state index >= 15 is 0 Å². The van der Waals surface area contributed by atoms with Crippen LogP contribution in [0.25, 0.3) is 0 Å². The monoisotopic (exact) mass is 432 g/mol. The minimum absolute atomic E-state index is 0.0168. The summed E-state index contributed by atoms with van der Waals surface area (Å²) in [7, 11) is 0. The summed E-state index contributed by atoms with van der Waals surface area (Å²) in [5.74, 6) is -3.50. The van der Waals surface area contributed by atoms with Crippen molar-refractivity contribution < 1.29 is 34.5 Å². The lowest BCUT2D eigenvalue weighted by Crippen LogP contribution is -2.58. The second kappa shape index (κ2) is 13.1. The number of aliphatic hydroxyl groups excluding tert-OH is 2. The number of hydrogen-bond acceptors (Lipinski definition) is 7. The van der Waals surface area contributed by atoms with Crippen LogP contribution in [-0.2, 0) is 19.2 Å². The van der Waals surface area contributed by atoms with Gasteiger partial charge in [-0.1, -0.05) is 27.7 Å². The van der Waals surface area contributed by atoms with Gasteiger partial charge >= 0.3 is 5.97 Å². The third kappa shape index (κ3) is 9.99. The number of nitrogens with two attached hydrogens (primary N) is 1. The van der Waals surface area contributed by atoms with E-state index in [9.17, 15) is 24.3 Å². The SMILES string of the molecule is CC(C)CC(NC(=O)C(N)CO)C(=O)NC(CC(C)C)C(=O)NC(C(=O)O)C(C)O. The first-order valence-electron chi connectivity index (χ1n) is 9.98. The van der Waals surface area contributed by atoms with Crippen molar-refractivity contribution in [3.05, 3.63) is 0 Å². The van der Waals surface area contributed by atoms with Crippen LogP contribution in [-0.4, -0.2) is 75.9 Å². The van der Waals surface area contributed by atoms with Gasteiger partial charge in [-0.3, -0.25) is 14.4 Å². The summed E-state index contributed by atoms with van der Waals surface area (Å²) < 4.78 is 0. The Morgan fingerprint density at radius 3 is 1.53 bits per heavy atom. The summed E-state index contributed by atoms with van der Waals surface area (Å²) >= 11 is 0. The van der Waals surface area contributed by atoms with Crippen molar-refractivity contribution >= 4 is 23.7 Å². The number of hydrogen-bond donors (Lipinski definition) is 7. The van der Waals surface area contributed by atoms with Gasteiger partial charge in [0, 0.05) is 0 Å². The molecule has 5 atom stereocenters. The van der Waals surface area contributed by atoms with Gasteiger partial charge in [-0.15, -0.1) is 0 Å². The summed E-state index contributed by atoms with van der Waals surface area (Å²) in [6.45, 7) is 7.98. The molecule has 0 saturated carbocycles. The molecular formula is C19H36N4O7. The maximum absolute atomic E-state index is 12.8. The van der Waals surface area contributed by atoms with Crippen molar-refractivity contribution in [2.75, 3.05) is 6.61 Å². The Bertz CT molecular complexity index is 595. The number of aliphatic carboxylic acids is 1. The third-order valence-corrected chi connectivity index (χ3v) is 4.26. The van der Waals surface area contributed by atoms with Gasteiger partial charge < -0.3 is 37.0 Å². The topological polar surface area (TPSA) is 191 Å². The lowest BCUT2D eigenvalue weighted by atomic mass is 9.99. The summed E-state index contributed by atoms with van der Waals surface area (Å²) in [6.07, 6.45) is -0.867. The average molecular weight is 433 g/mol. The van der Waals surface area contributed by atoms with Gasteiger partial charge in [0.15, 0.2) is 6.04 Å². The molecule has 8 N–H and O–H groups in total. The molecule has 0 bridgehead atoms. The van der Waals surface area contributed by atoms with Crippen LogP contribution in [0.1, 0.15) is 47.5 Å². The van der Waals surface area contributed by atoms with Crippen molar-refractivity contribution in [3.8, 4) is 0 Å². The Labute approximate surface area is 176 Å². The van der Waals surface area contributed by atoms with Crippen molar-refractivity contribution in [2.24, 2.45) is 17.6 Å². The highest BCUT2D eigenvalue weighted by molar-refractivity contribution is 5.94. The summed E-state index contributed by atoms with van der Waals surface area (Å²) in [6, 6.07) is -4.79. The van der Waals surface area contributed by atoms with Crippen LogP contribution in [0.4, 0.5) is 0 Å². The second-order valence-electron chi connectivity index (χ2n) is 8.24. The smallest absolute Gasteiger partial charge is 0.328 e. The second-order valence-corrected chi connectivity index (χ2v) is 8.24. The third-order valence-electron chi connectivity index (χ3n) is 4.26. The fraction of sp³-hybridized carbons (Fsp3) is 0.789. The number of carbonyl (C=O) groups excluding carboxylic acids is 3. The molecule has 11 heteroatoms. The minimum Gasteiger partial charge on any atom is -0.480 e. The number of carbonyl (C=O) groups is 4. The van der Waals surface area contributed by atoms with Crippen molar-refractivity contribution in [2.45, 2.75) is 77.7 Å². The van der Waals surface area contributed by atoms with Gasteiger partial charge in [-0.05, 0) is 31.6 Å². The van der Waals surface area contributed by atoms with Crippen LogP contribution < -0.4 is 21.7 Å². The quantitative estimate of drug-likeness (QED) is 0.179. The van der Waals surface area contributed by atoms with E-state index in [1.54, 1.807) is 0 Å². The molecule has 0 aliphatic rings. The predicted octanol–water partition coefficient (Wildman–Crippen LogP) is -1.68. The first-order chi connectivity index (χ1) is 13.8. The number of carboxylic acid groups (broad SMARTS) is 1. The zero-order valence-corrected chi connectivity index (χ0v) is 18.2. The highest BCUT2D eigenvalue weighted by atomic mass is 16.4. The van der Waals surface area contributed by atoms with E-state index in [0.29, 0.717) is 0 Å². The summed E-state index contributed by atoms with van der Waals surface area (Å²) in [5, 5.41) is 35.0. The van der Waals surface area contributed by atoms with E-state index in [-0.39, 0.29) is 24.7 Å². The highest BCUT2D eigenvalue weighted by Crippen LogP contribution is 2.10. The van der Waals surface area contributed by atoms with Crippen LogP contribution in [0.2, 0.25) is 0 Å². The highest BCUT2D eigenvalue weighted by Gasteiger charge is 2.32. The van der Waals surface area contributed by atoms with Crippen molar-refractivity contribution in [3.63, 3.8) is 0 Å². The predicted molar refractivity (Wildman–Crippen MR) is 109 cm³/mol. The molecule has 3 amide bonds. The molecule has 0 rings (SSSR count). The Balaban J connectivity index is 5.46. The molecule has 0 aromatic heterocycles. The van der Waals surface area contributed by atoms with Crippen LogP contribution in [0, 0.1) is 11.8 Å². The van der Waals surface area contributed by atoms with E-state index in [1.165, 1.54) is 6.92 Å². The molecule has 0 saturated heterocycles. The molecule has 0 aromatic rings. The van der Waals surface area contributed by atoms with Gasteiger partial charge in [0.1, 0.15) is 18.1 Å². The number of rotatable bonds is 13. The average Bonchev–Trinajstić information content (AvgIpc) is 2.62. The van der Waals surface area contributed by atoms with Gasteiger partial charge in [0.05, 0.1) is 12.7 Å². The summed E-state index contributed by atoms with van der Waals surface area (Å²) in [5.41, 5.74) is 5.49. The lowest BCUT2D eigenvalue weighted by molar-refractivity contribution is -0.145. The van der Waals surface area contributed by atoms with Crippen molar-refractivity contribution in [1.29, 1.82) is 0 Å². The maximum atomic E-state index is 12.8. The van der Waals surface area contributed by atoms with E-state index in [4.69, 9.17) is 15.9 Å². The fourth-order valence-electron chi connectivity index (χ4n) is 2.68. The number of nitrogens with one attached hydrogen (secondary N) is 3. The molecule has 5 unspecified atom stereocenters. The summed E-state index contributed by atoms with van der Waals surface area (Å²) in [4.78, 5) is 48.7. The van der Waals surface area contributed by atoms with E-state index in [2.05, 4.69) is 16.0 Å². The Hall–Kier alpha value is -2.24. The zero-order chi connectivity index (χ0) is 23.6.